The molecule has 8 heteroatoms. The zero-order valence-electron chi connectivity index (χ0n) is 17.5. The number of fused-ring (bicyclic) bond motifs is 2. The molecule has 0 bridgehead atoms. The van der Waals surface area contributed by atoms with Crippen LogP contribution in [0.2, 0.25) is 0 Å². The highest BCUT2D eigenvalue weighted by Gasteiger charge is 2.26. The van der Waals surface area contributed by atoms with E-state index in [1.165, 1.54) is 12.1 Å². The number of amides is 1. The summed E-state index contributed by atoms with van der Waals surface area (Å²) in [5.41, 5.74) is 4.54. The lowest BCUT2D eigenvalue weighted by atomic mass is 9.95. The smallest absolute Gasteiger partial charge is 0.276 e. The monoisotopic (exact) mass is 418 g/mol. The molecule has 0 fully saturated rings. The minimum Gasteiger partial charge on any atom is -0.319 e. The predicted molar refractivity (Wildman–Crippen MR) is 116 cm³/mol. The minimum atomic E-state index is -0.300. The van der Waals surface area contributed by atoms with Gasteiger partial charge in [0.05, 0.1) is 23.8 Å². The molecule has 0 saturated carbocycles. The van der Waals surface area contributed by atoms with Crippen LogP contribution < -0.4 is 5.32 Å². The van der Waals surface area contributed by atoms with Crippen LogP contribution in [0.3, 0.4) is 0 Å². The lowest BCUT2D eigenvalue weighted by molar-refractivity contribution is 0.102. The molecule has 3 aromatic heterocycles. The second-order valence-electron chi connectivity index (χ2n) is 8.14. The van der Waals surface area contributed by atoms with E-state index in [0.29, 0.717) is 11.4 Å². The van der Waals surface area contributed by atoms with Crippen molar-refractivity contribution >= 4 is 22.6 Å². The summed E-state index contributed by atoms with van der Waals surface area (Å²) in [5.74, 6) is -0.567. The molecule has 5 rings (SSSR count). The van der Waals surface area contributed by atoms with E-state index in [1.807, 2.05) is 24.6 Å². The number of hydrogen-bond acceptors (Lipinski definition) is 4. The van der Waals surface area contributed by atoms with Gasteiger partial charge in [-0.1, -0.05) is 0 Å². The van der Waals surface area contributed by atoms with E-state index >= 15 is 0 Å². The van der Waals surface area contributed by atoms with Crippen molar-refractivity contribution in [3.05, 3.63) is 65.5 Å². The van der Waals surface area contributed by atoms with Crippen LogP contribution in [0.15, 0.2) is 42.7 Å². The second-order valence-corrected chi connectivity index (χ2v) is 8.14. The van der Waals surface area contributed by atoms with Gasteiger partial charge in [0.1, 0.15) is 5.82 Å². The molecule has 158 valence electrons. The number of nitrogens with zero attached hydrogens (tertiary/aromatic N) is 5. The molecule has 1 aliphatic rings. The summed E-state index contributed by atoms with van der Waals surface area (Å²) in [4.78, 5) is 17.6. The minimum absolute atomic E-state index is 0.201. The third-order valence-corrected chi connectivity index (χ3v) is 5.65. The molecule has 0 aliphatic heterocycles. The van der Waals surface area contributed by atoms with Crippen molar-refractivity contribution in [1.82, 2.24) is 24.5 Å². The number of anilines is 1. The van der Waals surface area contributed by atoms with Gasteiger partial charge in [0.2, 0.25) is 0 Å². The van der Waals surface area contributed by atoms with Crippen molar-refractivity contribution < 1.29 is 9.18 Å². The number of benzene rings is 1. The summed E-state index contributed by atoms with van der Waals surface area (Å²) in [5, 5.41) is 12.8. The molecule has 1 aliphatic carbocycles. The highest BCUT2D eigenvalue weighted by molar-refractivity contribution is 6.04. The summed E-state index contributed by atoms with van der Waals surface area (Å²) in [6, 6.07) is 8.25. The van der Waals surface area contributed by atoms with Gasteiger partial charge >= 0.3 is 0 Å². The molecule has 3 heterocycles. The Morgan fingerprint density at radius 1 is 1.13 bits per heavy atom. The van der Waals surface area contributed by atoms with E-state index in [2.05, 4.69) is 20.5 Å². The van der Waals surface area contributed by atoms with E-state index in [1.54, 1.807) is 29.2 Å². The number of hydrogen-bond donors (Lipinski definition) is 1. The Morgan fingerprint density at radius 2 is 1.90 bits per heavy atom. The Bertz CT molecular complexity index is 1270. The van der Waals surface area contributed by atoms with Gasteiger partial charge < -0.3 is 5.32 Å². The van der Waals surface area contributed by atoms with Crippen LogP contribution in [-0.2, 0) is 12.8 Å². The number of nitrogens with one attached hydrogen (secondary N) is 1. The van der Waals surface area contributed by atoms with Crippen molar-refractivity contribution in [2.24, 2.45) is 0 Å². The Kier molecular flexibility index (Phi) is 4.77. The Balaban J connectivity index is 1.48. The van der Waals surface area contributed by atoms with Crippen LogP contribution in [0.25, 0.3) is 16.7 Å². The Morgan fingerprint density at radius 3 is 2.68 bits per heavy atom. The molecule has 4 aromatic rings. The van der Waals surface area contributed by atoms with Gasteiger partial charge in [0.25, 0.3) is 5.91 Å². The summed E-state index contributed by atoms with van der Waals surface area (Å²) < 4.78 is 17.0. The predicted octanol–water partition coefficient (Wildman–Crippen LogP) is 4.47. The largest absolute Gasteiger partial charge is 0.319 e. The van der Waals surface area contributed by atoms with Crippen molar-refractivity contribution in [2.75, 3.05) is 5.32 Å². The molecule has 31 heavy (non-hydrogen) atoms. The topological polar surface area (TPSA) is 77.6 Å². The van der Waals surface area contributed by atoms with Crippen molar-refractivity contribution in [3.63, 3.8) is 0 Å². The molecule has 0 atom stereocenters. The fourth-order valence-electron chi connectivity index (χ4n) is 4.15. The van der Waals surface area contributed by atoms with Crippen LogP contribution in [-0.4, -0.2) is 30.5 Å². The van der Waals surface area contributed by atoms with Gasteiger partial charge in [-0.2, -0.15) is 10.2 Å². The third-order valence-electron chi connectivity index (χ3n) is 5.65. The second kappa shape index (κ2) is 7.61. The standard InChI is InChI=1S/C23H23FN6O/c1-14(2)29-22-15(12-26-29)11-17(13-25-22)27-23(31)21-19-5-3-4-6-20(19)30(28-21)18-9-7-16(24)8-10-18/h7-14H,3-6H2,1-2H3,(H,27,31). The van der Waals surface area contributed by atoms with E-state index in [4.69, 9.17) is 0 Å². The van der Waals surface area contributed by atoms with Crippen LogP contribution in [0.4, 0.5) is 10.1 Å². The first-order valence-electron chi connectivity index (χ1n) is 10.5. The maximum absolute atomic E-state index is 13.4. The van der Waals surface area contributed by atoms with Crippen molar-refractivity contribution in [2.45, 2.75) is 45.6 Å². The molecule has 1 aromatic carbocycles. The Labute approximate surface area is 178 Å². The summed E-state index contributed by atoms with van der Waals surface area (Å²) in [6.45, 7) is 4.09. The van der Waals surface area contributed by atoms with E-state index in [-0.39, 0.29) is 17.8 Å². The number of carbonyl (C=O) groups excluding carboxylic acids is 1. The van der Waals surface area contributed by atoms with Crippen molar-refractivity contribution in [3.8, 4) is 5.69 Å². The number of rotatable bonds is 4. The maximum atomic E-state index is 13.4. The number of halogens is 1. The molecule has 0 saturated heterocycles. The molecule has 1 amide bonds. The molecule has 0 unspecified atom stereocenters. The van der Waals surface area contributed by atoms with Crippen LogP contribution >= 0.6 is 0 Å². The molecular formula is C23H23FN6O. The van der Waals surface area contributed by atoms with Crippen LogP contribution in [0, 0.1) is 5.82 Å². The first-order valence-corrected chi connectivity index (χ1v) is 10.5. The third kappa shape index (κ3) is 3.48. The number of aromatic nitrogens is 5. The highest BCUT2D eigenvalue weighted by Crippen LogP contribution is 2.28. The molecule has 7 nitrogen and oxygen atoms in total. The first kappa shape index (κ1) is 19.4. The van der Waals surface area contributed by atoms with Gasteiger partial charge in [0.15, 0.2) is 11.3 Å². The summed E-state index contributed by atoms with van der Waals surface area (Å²) in [6.07, 6.45) is 7.10. The van der Waals surface area contributed by atoms with Crippen LogP contribution in [0.5, 0.6) is 0 Å². The SMILES string of the molecule is CC(C)n1ncc2cc(NC(=O)c3nn(-c4ccc(F)cc4)c4c3CCCC4)cnc21. The maximum Gasteiger partial charge on any atom is 0.276 e. The van der Waals surface area contributed by atoms with E-state index < -0.39 is 0 Å². The molecule has 0 radical (unpaired) electrons. The summed E-state index contributed by atoms with van der Waals surface area (Å²) >= 11 is 0. The highest BCUT2D eigenvalue weighted by atomic mass is 19.1. The Hall–Kier alpha value is -3.55. The van der Waals surface area contributed by atoms with Gasteiger partial charge in [0, 0.05) is 22.7 Å². The lowest BCUT2D eigenvalue weighted by Gasteiger charge is -2.14. The average Bonchev–Trinajstić information content (AvgIpc) is 3.36. The number of pyridine rings is 1. The van der Waals surface area contributed by atoms with Gasteiger partial charge in [-0.25, -0.2) is 18.7 Å². The van der Waals surface area contributed by atoms with Gasteiger partial charge in [-0.3, -0.25) is 4.79 Å². The van der Waals surface area contributed by atoms with Gasteiger partial charge in [-0.15, -0.1) is 0 Å². The van der Waals surface area contributed by atoms with Crippen molar-refractivity contribution in [1.29, 1.82) is 0 Å². The quantitative estimate of drug-likeness (QED) is 0.531. The molecule has 0 spiro atoms. The fraction of sp³-hybridized carbons (Fsp3) is 0.304. The molecule has 1 N–H and O–H groups in total. The first-order chi connectivity index (χ1) is 15.0. The lowest BCUT2D eigenvalue weighted by Crippen LogP contribution is -2.16. The fourth-order valence-corrected chi connectivity index (χ4v) is 4.15. The van der Waals surface area contributed by atoms with E-state index in [0.717, 1.165) is 53.7 Å². The average molecular weight is 418 g/mol. The number of carbonyl (C=O) groups is 1. The van der Waals surface area contributed by atoms with Gasteiger partial charge in [-0.05, 0) is 69.9 Å². The zero-order valence-corrected chi connectivity index (χ0v) is 17.5. The molecular weight excluding hydrogens is 395 g/mol. The zero-order chi connectivity index (χ0) is 21.5. The summed E-state index contributed by atoms with van der Waals surface area (Å²) in [7, 11) is 0. The normalized spacial score (nSPS) is 13.5. The van der Waals surface area contributed by atoms with Crippen LogP contribution in [0.1, 0.15) is 54.5 Å². The van der Waals surface area contributed by atoms with E-state index in [9.17, 15) is 9.18 Å².